The fourth-order valence-corrected chi connectivity index (χ4v) is 1.34. The third kappa shape index (κ3) is 4.37. The second-order valence-corrected chi connectivity index (χ2v) is 4.18. The molecule has 0 aromatic heterocycles. The Morgan fingerprint density at radius 2 is 2.21 bits per heavy atom. The lowest BCUT2D eigenvalue weighted by molar-refractivity contribution is -0.384. The van der Waals surface area contributed by atoms with Gasteiger partial charge in [0.15, 0.2) is 0 Å². The van der Waals surface area contributed by atoms with Crippen LogP contribution in [0.5, 0.6) is 0 Å². The van der Waals surface area contributed by atoms with E-state index in [4.69, 9.17) is 5.26 Å². The van der Waals surface area contributed by atoms with Crippen molar-refractivity contribution in [3.63, 3.8) is 0 Å². The molecule has 1 rings (SSSR count). The van der Waals surface area contributed by atoms with Crippen LogP contribution in [0.1, 0.15) is 19.4 Å². The molecule has 1 amide bonds. The summed E-state index contributed by atoms with van der Waals surface area (Å²) in [5.74, 6) is -0.306. The maximum Gasteiger partial charge on any atom is 0.270 e. The van der Waals surface area contributed by atoms with E-state index in [9.17, 15) is 14.9 Å². The van der Waals surface area contributed by atoms with E-state index in [1.54, 1.807) is 0 Å². The lowest BCUT2D eigenvalue weighted by Gasteiger charge is -2.09. The minimum absolute atomic E-state index is 0.0621. The van der Waals surface area contributed by atoms with Gasteiger partial charge in [0, 0.05) is 18.2 Å². The van der Waals surface area contributed by atoms with Gasteiger partial charge in [0.25, 0.3) is 5.69 Å². The highest BCUT2D eigenvalue weighted by molar-refractivity contribution is 5.93. The average molecular weight is 262 g/mol. The zero-order valence-electron chi connectivity index (χ0n) is 10.6. The molecule has 1 aromatic carbocycles. The van der Waals surface area contributed by atoms with E-state index in [1.807, 2.05) is 19.9 Å². The molecule has 7 nitrogen and oxygen atoms in total. The summed E-state index contributed by atoms with van der Waals surface area (Å²) in [6.07, 6.45) is 0. The molecule has 0 radical (unpaired) electrons. The first kappa shape index (κ1) is 14.6. The Labute approximate surface area is 110 Å². The molecule has 100 valence electrons. The van der Waals surface area contributed by atoms with Crippen LogP contribution >= 0.6 is 0 Å². The Hall–Kier alpha value is -2.46. The van der Waals surface area contributed by atoms with Gasteiger partial charge in [0.1, 0.15) is 6.07 Å². The predicted molar refractivity (Wildman–Crippen MR) is 69.6 cm³/mol. The molecular formula is C12H14N4O3. The van der Waals surface area contributed by atoms with Crippen LogP contribution in [0.15, 0.2) is 18.2 Å². The van der Waals surface area contributed by atoms with Gasteiger partial charge in [-0.3, -0.25) is 14.9 Å². The van der Waals surface area contributed by atoms with Crippen molar-refractivity contribution >= 4 is 17.3 Å². The molecular weight excluding hydrogens is 248 g/mol. The van der Waals surface area contributed by atoms with Gasteiger partial charge in [-0.2, -0.15) is 5.26 Å². The Bertz CT molecular complexity index is 534. The van der Waals surface area contributed by atoms with Crippen molar-refractivity contribution in [1.82, 2.24) is 5.32 Å². The molecule has 0 aliphatic rings. The number of nitro benzene ring substituents is 1. The van der Waals surface area contributed by atoms with E-state index >= 15 is 0 Å². The standard InChI is InChI=1S/C12H14N4O3/c1-8(2)14-7-12(17)15-11-4-3-10(16(18)19)5-9(11)6-13/h3-5,8,14H,7H2,1-2H3,(H,15,17). The molecule has 0 fully saturated rings. The van der Waals surface area contributed by atoms with Crippen LogP contribution in [0, 0.1) is 21.4 Å². The van der Waals surface area contributed by atoms with Gasteiger partial charge in [-0.05, 0) is 6.07 Å². The van der Waals surface area contributed by atoms with Crippen molar-refractivity contribution < 1.29 is 9.72 Å². The van der Waals surface area contributed by atoms with Crippen LogP contribution in [0.3, 0.4) is 0 Å². The number of nitrogens with zero attached hydrogens (tertiary/aromatic N) is 2. The Morgan fingerprint density at radius 1 is 1.53 bits per heavy atom. The van der Waals surface area contributed by atoms with Crippen molar-refractivity contribution in [1.29, 1.82) is 5.26 Å². The monoisotopic (exact) mass is 262 g/mol. The number of carbonyl (C=O) groups is 1. The highest BCUT2D eigenvalue weighted by Crippen LogP contribution is 2.21. The topological polar surface area (TPSA) is 108 Å². The molecule has 1 aromatic rings. The summed E-state index contributed by atoms with van der Waals surface area (Å²) in [4.78, 5) is 21.6. The third-order valence-electron chi connectivity index (χ3n) is 2.28. The summed E-state index contributed by atoms with van der Waals surface area (Å²) in [7, 11) is 0. The maximum atomic E-state index is 11.6. The number of non-ortho nitro benzene ring substituents is 1. The molecule has 0 atom stereocenters. The minimum Gasteiger partial charge on any atom is -0.324 e. The zero-order valence-corrected chi connectivity index (χ0v) is 10.6. The van der Waals surface area contributed by atoms with Gasteiger partial charge < -0.3 is 10.6 Å². The van der Waals surface area contributed by atoms with Crippen LogP contribution in [0.4, 0.5) is 11.4 Å². The quantitative estimate of drug-likeness (QED) is 0.616. The lowest BCUT2D eigenvalue weighted by atomic mass is 10.1. The first-order valence-electron chi connectivity index (χ1n) is 5.66. The fourth-order valence-electron chi connectivity index (χ4n) is 1.34. The number of rotatable bonds is 5. The first-order chi connectivity index (χ1) is 8.93. The van der Waals surface area contributed by atoms with Crippen molar-refractivity contribution in [3.8, 4) is 6.07 Å². The van der Waals surface area contributed by atoms with Gasteiger partial charge in [-0.1, -0.05) is 13.8 Å². The second-order valence-electron chi connectivity index (χ2n) is 4.18. The van der Waals surface area contributed by atoms with Gasteiger partial charge in [0.05, 0.1) is 22.7 Å². The summed E-state index contributed by atoms with van der Waals surface area (Å²) < 4.78 is 0. The first-order valence-corrected chi connectivity index (χ1v) is 5.66. The van der Waals surface area contributed by atoms with E-state index in [0.29, 0.717) is 0 Å². The summed E-state index contributed by atoms with van der Waals surface area (Å²) in [5, 5.41) is 25.0. The Balaban J connectivity index is 2.81. The number of amides is 1. The SMILES string of the molecule is CC(C)NCC(=O)Nc1ccc([N+](=O)[O-])cc1C#N. The highest BCUT2D eigenvalue weighted by atomic mass is 16.6. The summed E-state index contributed by atoms with van der Waals surface area (Å²) in [6, 6.07) is 5.71. The molecule has 0 unspecified atom stereocenters. The third-order valence-corrected chi connectivity index (χ3v) is 2.28. The molecule has 0 aliphatic carbocycles. The number of carbonyl (C=O) groups excluding carboxylic acids is 1. The van der Waals surface area contributed by atoms with Gasteiger partial charge in [0.2, 0.25) is 5.91 Å². The normalized spacial score (nSPS) is 10.0. The second kappa shape index (κ2) is 6.47. The van der Waals surface area contributed by atoms with Crippen LogP contribution in [0.2, 0.25) is 0 Å². The summed E-state index contributed by atoms with van der Waals surface area (Å²) in [5.41, 5.74) is 0.144. The molecule has 19 heavy (non-hydrogen) atoms. The molecule has 0 aliphatic heterocycles. The number of nitrogens with one attached hydrogen (secondary N) is 2. The van der Waals surface area contributed by atoms with E-state index in [2.05, 4.69) is 10.6 Å². The molecule has 0 spiro atoms. The van der Waals surface area contributed by atoms with Gasteiger partial charge in [-0.25, -0.2) is 0 Å². The summed E-state index contributed by atoms with van der Waals surface area (Å²) >= 11 is 0. The zero-order chi connectivity index (χ0) is 14.4. The number of hydrogen-bond acceptors (Lipinski definition) is 5. The smallest absolute Gasteiger partial charge is 0.270 e. The molecule has 0 bridgehead atoms. The predicted octanol–water partition coefficient (Wildman–Crippen LogP) is 1.40. The van der Waals surface area contributed by atoms with Crippen LogP contribution < -0.4 is 10.6 Å². The van der Waals surface area contributed by atoms with Crippen molar-refractivity contribution in [2.75, 3.05) is 11.9 Å². The van der Waals surface area contributed by atoms with Crippen LogP contribution in [0.25, 0.3) is 0 Å². The largest absolute Gasteiger partial charge is 0.324 e. The molecule has 7 heteroatoms. The molecule has 0 heterocycles. The number of hydrogen-bond donors (Lipinski definition) is 2. The minimum atomic E-state index is -0.591. The number of anilines is 1. The lowest BCUT2D eigenvalue weighted by Crippen LogP contribution is -2.32. The van der Waals surface area contributed by atoms with Crippen molar-refractivity contribution in [2.45, 2.75) is 19.9 Å². The van der Waals surface area contributed by atoms with E-state index in [0.717, 1.165) is 6.07 Å². The highest BCUT2D eigenvalue weighted by Gasteiger charge is 2.12. The van der Waals surface area contributed by atoms with E-state index < -0.39 is 4.92 Å². The fraction of sp³-hybridized carbons (Fsp3) is 0.333. The van der Waals surface area contributed by atoms with Crippen LogP contribution in [-0.2, 0) is 4.79 Å². The summed E-state index contributed by atoms with van der Waals surface area (Å²) in [6.45, 7) is 3.92. The maximum absolute atomic E-state index is 11.6. The molecule has 0 saturated carbocycles. The molecule has 2 N–H and O–H groups in total. The Morgan fingerprint density at radius 3 is 2.74 bits per heavy atom. The van der Waals surface area contributed by atoms with E-state index in [-0.39, 0.29) is 35.4 Å². The van der Waals surface area contributed by atoms with E-state index in [1.165, 1.54) is 12.1 Å². The number of nitro groups is 1. The van der Waals surface area contributed by atoms with Gasteiger partial charge >= 0.3 is 0 Å². The number of benzene rings is 1. The van der Waals surface area contributed by atoms with Crippen molar-refractivity contribution in [3.05, 3.63) is 33.9 Å². The van der Waals surface area contributed by atoms with Crippen molar-refractivity contribution in [2.24, 2.45) is 0 Å². The van der Waals surface area contributed by atoms with Gasteiger partial charge in [-0.15, -0.1) is 0 Å². The number of nitriles is 1. The molecule has 0 saturated heterocycles. The van der Waals surface area contributed by atoms with Crippen LogP contribution in [-0.4, -0.2) is 23.4 Å². The average Bonchev–Trinajstić information content (AvgIpc) is 2.36. The Kier molecular flexibility index (Phi) is 4.97.